The zero-order chi connectivity index (χ0) is 15.9. The number of hydrogen-bond donors (Lipinski definition) is 1. The Morgan fingerprint density at radius 1 is 1.41 bits per heavy atom. The van der Waals surface area contributed by atoms with E-state index in [2.05, 4.69) is 5.32 Å². The molecule has 0 bridgehead atoms. The zero-order valence-electron chi connectivity index (χ0n) is 12.6. The highest BCUT2D eigenvalue weighted by Crippen LogP contribution is 2.33. The number of benzene rings is 1. The monoisotopic (exact) mass is 329 g/mol. The molecule has 0 saturated carbocycles. The molecule has 0 aromatic heterocycles. The Balaban J connectivity index is 1.86. The lowest BCUT2D eigenvalue weighted by Gasteiger charge is -2.23. The van der Waals surface area contributed by atoms with Gasteiger partial charge in [0.1, 0.15) is 11.6 Å². The molecule has 1 aliphatic heterocycles. The second-order valence-electron chi connectivity index (χ2n) is 5.33. The van der Waals surface area contributed by atoms with E-state index in [4.69, 9.17) is 4.74 Å². The van der Waals surface area contributed by atoms with Crippen LogP contribution in [-0.4, -0.2) is 30.9 Å². The van der Waals surface area contributed by atoms with E-state index in [1.54, 1.807) is 0 Å². The quantitative estimate of drug-likeness (QED) is 0.869. The summed E-state index contributed by atoms with van der Waals surface area (Å²) in [6, 6.07) is 3.77. The van der Waals surface area contributed by atoms with Crippen LogP contribution in [0.4, 0.5) is 8.78 Å². The van der Waals surface area contributed by atoms with Crippen molar-refractivity contribution in [2.24, 2.45) is 0 Å². The van der Waals surface area contributed by atoms with Crippen LogP contribution in [0, 0.1) is 11.6 Å². The first-order valence-electron chi connectivity index (χ1n) is 7.53. The fraction of sp³-hybridized carbons (Fsp3) is 0.562. The molecular formula is C16H21F2NO2S. The first kappa shape index (κ1) is 17.2. The van der Waals surface area contributed by atoms with Gasteiger partial charge in [0.05, 0.1) is 5.75 Å². The van der Waals surface area contributed by atoms with E-state index in [0.29, 0.717) is 25.2 Å². The Hall–Kier alpha value is -1.14. The molecule has 22 heavy (non-hydrogen) atoms. The van der Waals surface area contributed by atoms with E-state index in [1.807, 2.05) is 6.92 Å². The number of ether oxygens (including phenoxy) is 1. The minimum Gasteiger partial charge on any atom is -0.381 e. The van der Waals surface area contributed by atoms with E-state index in [0.717, 1.165) is 18.9 Å². The van der Waals surface area contributed by atoms with Crippen molar-refractivity contribution >= 4 is 17.7 Å². The third-order valence-corrected chi connectivity index (χ3v) is 5.10. The summed E-state index contributed by atoms with van der Waals surface area (Å²) in [7, 11) is 0. The first-order chi connectivity index (χ1) is 10.6. The van der Waals surface area contributed by atoms with Gasteiger partial charge >= 0.3 is 0 Å². The van der Waals surface area contributed by atoms with Crippen molar-refractivity contribution in [3.8, 4) is 0 Å². The predicted octanol–water partition coefficient (Wildman–Crippen LogP) is 3.44. The van der Waals surface area contributed by atoms with E-state index in [1.165, 1.54) is 23.9 Å². The Morgan fingerprint density at radius 3 is 2.77 bits per heavy atom. The average molecular weight is 329 g/mol. The van der Waals surface area contributed by atoms with Gasteiger partial charge in [-0.3, -0.25) is 4.79 Å². The van der Waals surface area contributed by atoms with Crippen molar-refractivity contribution in [1.29, 1.82) is 0 Å². The van der Waals surface area contributed by atoms with Crippen LogP contribution < -0.4 is 5.32 Å². The molecule has 0 spiro atoms. The Bertz CT molecular complexity index is 507. The third kappa shape index (κ3) is 4.95. The lowest BCUT2D eigenvalue weighted by Crippen LogP contribution is -2.39. The molecule has 1 aliphatic rings. The summed E-state index contributed by atoms with van der Waals surface area (Å²) in [5.41, 5.74) is 0.452. The number of nitrogens with one attached hydrogen (secondary N) is 1. The number of carbonyl (C=O) groups excluding carboxylic acids is 1. The van der Waals surface area contributed by atoms with Crippen LogP contribution in [0.15, 0.2) is 18.2 Å². The molecule has 3 nitrogen and oxygen atoms in total. The van der Waals surface area contributed by atoms with E-state index in [-0.39, 0.29) is 23.0 Å². The zero-order valence-corrected chi connectivity index (χ0v) is 13.4. The molecule has 6 heteroatoms. The van der Waals surface area contributed by atoms with Gasteiger partial charge in [-0.2, -0.15) is 0 Å². The normalized spacial score (nSPS) is 17.2. The molecule has 1 heterocycles. The van der Waals surface area contributed by atoms with Crippen LogP contribution in [0.2, 0.25) is 0 Å². The van der Waals surface area contributed by atoms with Gasteiger partial charge in [0, 0.05) is 36.1 Å². The van der Waals surface area contributed by atoms with E-state index < -0.39 is 11.6 Å². The largest absolute Gasteiger partial charge is 0.381 e. The molecule has 0 radical (unpaired) electrons. The standard InChI is InChI=1S/C16H21F2NO2S/c1-2-15(13-4-3-11(17)9-14(13)18)22-10-16(20)19-12-5-7-21-8-6-12/h3-4,9,12,15H,2,5-8,10H2,1H3,(H,19,20)/t15-/m0/s1. The Morgan fingerprint density at radius 2 is 2.14 bits per heavy atom. The number of amides is 1. The highest BCUT2D eigenvalue weighted by Gasteiger charge is 2.19. The summed E-state index contributed by atoms with van der Waals surface area (Å²) in [5, 5.41) is 2.83. The molecule has 1 atom stereocenters. The molecule has 1 aromatic rings. The first-order valence-corrected chi connectivity index (χ1v) is 8.58. The fourth-order valence-corrected chi connectivity index (χ4v) is 3.52. The molecule has 0 aliphatic carbocycles. The number of hydrogen-bond acceptors (Lipinski definition) is 3. The number of carbonyl (C=O) groups is 1. The lowest BCUT2D eigenvalue weighted by atomic mass is 10.1. The molecule has 1 N–H and O–H groups in total. The highest BCUT2D eigenvalue weighted by molar-refractivity contribution is 8.00. The SMILES string of the molecule is CC[C@H](SCC(=O)NC1CCOCC1)c1ccc(F)cc1F. The third-order valence-electron chi connectivity index (χ3n) is 3.68. The van der Waals surface area contributed by atoms with E-state index in [9.17, 15) is 13.6 Å². The van der Waals surface area contributed by atoms with Crippen LogP contribution in [0.5, 0.6) is 0 Å². The van der Waals surface area contributed by atoms with Gasteiger partial charge in [-0.15, -0.1) is 11.8 Å². The van der Waals surface area contributed by atoms with Crippen molar-refractivity contribution in [1.82, 2.24) is 5.32 Å². The van der Waals surface area contributed by atoms with Gasteiger partial charge in [-0.05, 0) is 25.3 Å². The molecular weight excluding hydrogens is 308 g/mol. The molecule has 1 fully saturated rings. The van der Waals surface area contributed by atoms with Crippen LogP contribution in [-0.2, 0) is 9.53 Å². The van der Waals surface area contributed by atoms with Gasteiger partial charge in [0.25, 0.3) is 0 Å². The van der Waals surface area contributed by atoms with Gasteiger partial charge in [-0.1, -0.05) is 13.0 Å². The molecule has 0 unspecified atom stereocenters. The van der Waals surface area contributed by atoms with E-state index >= 15 is 0 Å². The molecule has 1 amide bonds. The summed E-state index contributed by atoms with van der Waals surface area (Å²) in [5.74, 6) is -0.910. The molecule has 122 valence electrons. The fourth-order valence-electron chi connectivity index (χ4n) is 2.48. The lowest BCUT2D eigenvalue weighted by molar-refractivity contribution is -0.119. The summed E-state index contributed by atoms with van der Waals surface area (Å²) >= 11 is 1.39. The Labute approximate surface area is 133 Å². The summed E-state index contributed by atoms with van der Waals surface area (Å²) in [6.07, 6.45) is 2.35. The second-order valence-corrected chi connectivity index (χ2v) is 6.52. The second kappa shape index (κ2) is 8.48. The smallest absolute Gasteiger partial charge is 0.230 e. The van der Waals surface area contributed by atoms with Gasteiger partial charge in [0.2, 0.25) is 5.91 Å². The molecule has 2 rings (SSSR count). The maximum atomic E-state index is 13.8. The number of rotatable bonds is 6. The highest BCUT2D eigenvalue weighted by atomic mass is 32.2. The van der Waals surface area contributed by atoms with Crippen molar-refractivity contribution in [3.05, 3.63) is 35.4 Å². The molecule has 1 saturated heterocycles. The maximum Gasteiger partial charge on any atom is 0.230 e. The van der Waals surface area contributed by atoms with Crippen molar-refractivity contribution in [3.63, 3.8) is 0 Å². The number of halogens is 2. The minimum atomic E-state index is -0.585. The predicted molar refractivity (Wildman–Crippen MR) is 83.8 cm³/mol. The van der Waals surface area contributed by atoms with Crippen molar-refractivity contribution in [2.75, 3.05) is 19.0 Å². The van der Waals surface area contributed by atoms with Crippen LogP contribution in [0.1, 0.15) is 37.0 Å². The maximum absolute atomic E-state index is 13.8. The van der Waals surface area contributed by atoms with Crippen LogP contribution >= 0.6 is 11.8 Å². The van der Waals surface area contributed by atoms with Crippen molar-refractivity contribution < 1.29 is 18.3 Å². The summed E-state index contributed by atoms with van der Waals surface area (Å²) in [4.78, 5) is 12.0. The van der Waals surface area contributed by atoms with Crippen LogP contribution in [0.3, 0.4) is 0 Å². The number of thioether (sulfide) groups is 1. The minimum absolute atomic E-state index is 0.0436. The Kier molecular flexibility index (Phi) is 6.64. The summed E-state index contributed by atoms with van der Waals surface area (Å²) in [6.45, 7) is 3.28. The summed E-state index contributed by atoms with van der Waals surface area (Å²) < 4.78 is 32.0. The van der Waals surface area contributed by atoms with Gasteiger partial charge < -0.3 is 10.1 Å². The van der Waals surface area contributed by atoms with Crippen LogP contribution in [0.25, 0.3) is 0 Å². The van der Waals surface area contributed by atoms with Gasteiger partial charge in [-0.25, -0.2) is 8.78 Å². The van der Waals surface area contributed by atoms with Crippen molar-refractivity contribution in [2.45, 2.75) is 37.5 Å². The average Bonchev–Trinajstić information content (AvgIpc) is 2.50. The van der Waals surface area contributed by atoms with Gasteiger partial charge in [0.15, 0.2) is 0 Å². The molecule has 1 aromatic carbocycles. The topological polar surface area (TPSA) is 38.3 Å².